The van der Waals surface area contributed by atoms with Crippen LogP contribution in [0.2, 0.25) is 0 Å². The minimum Gasteiger partial charge on any atom is -0.326 e. The summed E-state index contributed by atoms with van der Waals surface area (Å²) in [5.74, 6) is -0.405. The van der Waals surface area contributed by atoms with Crippen molar-refractivity contribution in [1.29, 1.82) is 0 Å². The first-order valence-electron chi connectivity index (χ1n) is 10.6. The molecule has 2 N–H and O–H groups in total. The molecule has 0 atom stereocenters. The summed E-state index contributed by atoms with van der Waals surface area (Å²) in [6, 6.07) is 10.2. The SMILES string of the molecule is C=CCn1c(CC(=O)Nc2cccc(C(F)(F)F)c2)nnc1SCC(=O)Nc1cc(C)ccc1C. The van der Waals surface area contributed by atoms with Gasteiger partial charge in [0.1, 0.15) is 5.82 Å². The third-order valence-electron chi connectivity index (χ3n) is 4.90. The third-order valence-corrected chi connectivity index (χ3v) is 5.86. The molecule has 0 bridgehead atoms. The van der Waals surface area contributed by atoms with E-state index in [2.05, 4.69) is 27.4 Å². The Morgan fingerprint density at radius 1 is 1.09 bits per heavy atom. The van der Waals surface area contributed by atoms with Gasteiger partial charge in [-0.05, 0) is 49.2 Å². The van der Waals surface area contributed by atoms with Crippen LogP contribution in [0.4, 0.5) is 24.5 Å². The molecule has 35 heavy (non-hydrogen) atoms. The number of amides is 2. The van der Waals surface area contributed by atoms with Crippen LogP contribution in [0.15, 0.2) is 60.3 Å². The molecule has 1 aromatic heterocycles. The third kappa shape index (κ3) is 7.19. The number of benzene rings is 2. The number of alkyl halides is 3. The van der Waals surface area contributed by atoms with Crippen molar-refractivity contribution < 1.29 is 22.8 Å². The Bertz CT molecular complexity index is 1240. The highest BCUT2D eigenvalue weighted by Gasteiger charge is 2.30. The van der Waals surface area contributed by atoms with E-state index in [1.165, 1.54) is 12.1 Å². The van der Waals surface area contributed by atoms with Crippen LogP contribution in [0.5, 0.6) is 0 Å². The van der Waals surface area contributed by atoms with Crippen LogP contribution in [-0.2, 0) is 28.7 Å². The second kappa shape index (κ2) is 11.2. The predicted molar refractivity (Wildman–Crippen MR) is 129 cm³/mol. The molecule has 0 saturated heterocycles. The van der Waals surface area contributed by atoms with Gasteiger partial charge in [0, 0.05) is 17.9 Å². The van der Waals surface area contributed by atoms with E-state index < -0.39 is 17.6 Å². The van der Waals surface area contributed by atoms with Gasteiger partial charge >= 0.3 is 6.18 Å². The van der Waals surface area contributed by atoms with Gasteiger partial charge in [-0.3, -0.25) is 9.59 Å². The number of thioether (sulfide) groups is 1. The molecule has 0 saturated carbocycles. The first-order chi connectivity index (χ1) is 16.6. The number of allylic oxidation sites excluding steroid dienone is 1. The summed E-state index contributed by atoms with van der Waals surface area (Å²) in [6.45, 7) is 7.83. The van der Waals surface area contributed by atoms with Crippen LogP contribution in [0, 0.1) is 13.8 Å². The van der Waals surface area contributed by atoms with Gasteiger partial charge in [-0.2, -0.15) is 13.2 Å². The smallest absolute Gasteiger partial charge is 0.326 e. The topological polar surface area (TPSA) is 88.9 Å². The summed E-state index contributed by atoms with van der Waals surface area (Å²) in [5, 5.41) is 13.8. The molecule has 11 heteroatoms. The summed E-state index contributed by atoms with van der Waals surface area (Å²) >= 11 is 1.15. The average molecular weight is 504 g/mol. The molecule has 0 unspecified atom stereocenters. The molecule has 0 aliphatic carbocycles. The molecule has 3 rings (SSSR count). The van der Waals surface area contributed by atoms with Gasteiger partial charge < -0.3 is 15.2 Å². The number of nitrogens with zero attached hydrogens (tertiary/aromatic N) is 3. The fraction of sp³-hybridized carbons (Fsp3) is 0.250. The quantitative estimate of drug-likeness (QED) is 0.317. The fourth-order valence-corrected chi connectivity index (χ4v) is 3.94. The maximum atomic E-state index is 12.9. The van der Waals surface area contributed by atoms with E-state index >= 15 is 0 Å². The normalized spacial score (nSPS) is 11.2. The van der Waals surface area contributed by atoms with Gasteiger partial charge in [-0.1, -0.05) is 36.0 Å². The molecule has 0 aliphatic heterocycles. The minimum atomic E-state index is -4.51. The number of aryl methyl sites for hydroxylation is 2. The molecule has 2 aromatic carbocycles. The number of nitrogens with one attached hydrogen (secondary N) is 2. The summed E-state index contributed by atoms with van der Waals surface area (Å²) in [4.78, 5) is 24.9. The number of carbonyl (C=O) groups is 2. The van der Waals surface area contributed by atoms with Gasteiger partial charge in [0.25, 0.3) is 0 Å². The maximum absolute atomic E-state index is 12.9. The van der Waals surface area contributed by atoms with Crippen LogP contribution in [0.3, 0.4) is 0 Å². The standard InChI is InChI=1S/C24H24F3N5O2S/c1-4-10-32-20(13-21(33)28-18-7-5-6-17(12-18)24(25,26)27)30-31-23(32)35-14-22(34)29-19-11-15(2)8-9-16(19)3/h4-9,11-12H,1,10,13-14H2,2-3H3,(H,28,33)(H,29,34). The minimum absolute atomic E-state index is 0.0253. The van der Waals surface area contributed by atoms with E-state index in [0.717, 1.165) is 40.7 Å². The van der Waals surface area contributed by atoms with Crippen molar-refractivity contribution in [3.63, 3.8) is 0 Å². The second-order valence-electron chi connectivity index (χ2n) is 7.76. The molecule has 7 nitrogen and oxygen atoms in total. The van der Waals surface area contributed by atoms with Crippen molar-refractivity contribution in [1.82, 2.24) is 14.8 Å². The van der Waals surface area contributed by atoms with Gasteiger partial charge in [-0.25, -0.2) is 0 Å². The molecule has 0 spiro atoms. The van der Waals surface area contributed by atoms with Crippen LogP contribution in [-0.4, -0.2) is 32.3 Å². The van der Waals surface area contributed by atoms with E-state index in [4.69, 9.17) is 0 Å². The highest BCUT2D eigenvalue weighted by molar-refractivity contribution is 7.99. The Morgan fingerprint density at radius 2 is 1.86 bits per heavy atom. The average Bonchev–Trinajstić information content (AvgIpc) is 3.15. The van der Waals surface area contributed by atoms with Crippen LogP contribution in [0.25, 0.3) is 0 Å². The highest BCUT2D eigenvalue weighted by atomic mass is 32.2. The Morgan fingerprint density at radius 3 is 2.57 bits per heavy atom. The molecular formula is C24H24F3N5O2S. The fourth-order valence-electron chi connectivity index (χ4n) is 3.18. The van der Waals surface area contributed by atoms with Crippen molar-refractivity contribution >= 4 is 35.0 Å². The van der Waals surface area contributed by atoms with E-state index in [1.54, 1.807) is 10.6 Å². The van der Waals surface area contributed by atoms with Crippen molar-refractivity contribution in [3.05, 3.63) is 77.6 Å². The maximum Gasteiger partial charge on any atom is 0.416 e. The molecule has 184 valence electrons. The first kappa shape index (κ1) is 26.0. The molecule has 0 fully saturated rings. The Kier molecular flexibility index (Phi) is 8.34. The lowest BCUT2D eigenvalue weighted by atomic mass is 10.1. The van der Waals surface area contributed by atoms with Crippen LogP contribution >= 0.6 is 11.8 Å². The summed E-state index contributed by atoms with van der Waals surface area (Å²) in [7, 11) is 0. The zero-order valence-corrected chi connectivity index (χ0v) is 20.0. The Hall–Kier alpha value is -3.60. The van der Waals surface area contributed by atoms with E-state index in [0.29, 0.717) is 17.5 Å². The van der Waals surface area contributed by atoms with E-state index in [9.17, 15) is 22.8 Å². The van der Waals surface area contributed by atoms with Gasteiger partial charge in [0.2, 0.25) is 11.8 Å². The van der Waals surface area contributed by atoms with Crippen molar-refractivity contribution in [2.45, 2.75) is 38.1 Å². The lowest BCUT2D eigenvalue weighted by Gasteiger charge is -2.11. The predicted octanol–water partition coefficient (Wildman–Crippen LogP) is 5.01. The van der Waals surface area contributed by atoms with Crippen molar-refractivity contribution in [2.24, 2.45) is 0 Å². The number of aromatic nitrogens is 3. The number of hydrogen-bond acceptors (Lipinski definition) is 5. The molecule has 1 heterocycles. The van der Waals surface area contributed by atoms with Gasteiger partial charge in [-0.15, -0.1) is 16.8 Å². The summed E-state index contributed by atoms with van der Waals surface area (Å²) in [5.41, 5.74) is 1.87. The number of halogens is 3. The summed E-state index contributed by atoms with van der Waals surface area (Å²) < 4.78 is 40.4. The number of hydrogen-bond donors (Lipinski definition) is 2. The van der Waals surface area contributed by atoms with E-state index in [1.807, 2.05) is 32.0 Å². The number of carbonyl (C=O) groups excluding carboxylic acids is 2. The van der Waals surface area contributed by atoms with Gasteiger partial charge in [0.15, 0.2) is 5.16 Å². The zero-order valence-electron chi connectivity index (χ0n) is 19.1. The molecule has 3 aromatic rings. The highest BCUT2D eigenvalue weighted by Crippen LogP contribution is 2.30. The van der Waals surface area contributed by atoms with Crippen LogP contribution < -0.4 is 10.6 Å². The Balaban J connectivity index is 1.65. The summed E-state index contributed by atoms with van der Waals surface area (Å²) in [6.07, 6.45) is -3.13. The van der Waals surface area contributed by atoms with E-state index in [-0.39, 0.29) is 23.8 Å². The van der Waals surface area contributed by atoms with Crippen LogP contribution in [0.1, 0.15) is 22.5 Å². The number of rotatable bonds is 9. The lowest BCUT2D eigenvalue weighted by Crippen LogP contribution is -2.18. The lowest BCUT2D eigenvalue weighted by molar-refractivity contribution is -0.137. The molecule has 0 aliphatic rings. The van der Waals surface area contributed by atoms with Gasteiger partial charge in [0.05, 0.1) is 17.7 Å². The largest absolute Gasteiger partial charge is 0.416 e. The number of anilines is 2. The van der Waals surface area contributed by atoms with Crippen molar-refractivity contribution in [3.8, 4) is 0 Å². The molecule has 0 radical (unpaired) electrons. The monoisotopic (exact) mass is 503 g/mol. The second-order valence-corrected chi connectivity index (χ2v) is 8.70. The molecule has 2 amide bonds. The first-order valence-corrected chi connectivity index (χ1v) is 11.6. The molecular weight excluding hydrogens is 479 g/mol. The Labute approximate surface area is 204 Å². The van der Waals surface area contributed by atoms with Crippen molar-refractivity contribution in [2.75, 3.05) is 16.4 Å². The zero-order chi connectivity index (χ0) is 25.6.